The highest BCUT2D eigenvalue weighted by molar-refractivity contribution is 14.1. The van der Waals surface area contributed by atoms with Gasteiger partial charge in [-0.25, -0.2) is 0 Å². The topological polar surface area (TPSA) is 38.2 Å². The molecular weight excluding hydrogens is 393 g/mol. The van der Waals surface area contributed by atoms with Gasteiger partial charge in [0.25, 0.3) is 4.84 Å². The van der Waals surface area contributed by atoms with Gasteiger partial charge in [-0.2, -0.15) is 11.8 Å². The summed E-state index contributed by atoms with van der Waals surface area (Å²) in [7, 11) is 0. The predicted molar refractivity (Wildman–Crippen MR) is 89.3 cm³/mol. The van der Waals surface area contributed by atoms with Gasteiger partial charge >= 0.3 is 0 Å². The second-order valence-electron chi connectivity index (χ2n) is 3.86. The van der Waals surface area contributed by atoms with E-state index in [1.54, 1.807) is 0 Å². The fourth-order valence-electron chi connectivity index (χ4n) is 1.47. The molecule has 6 heteroatoms. The second kappa shape index (κ2) is 7.96. The van der Waals surface area contributed by atoms with E-state index < -0.39 is 0 Å². The van der Waals surface area contributed by atoms with Crippen LogP contribution in [0.4, 0.5) is 0 Å². The van der Waals surface area contributed by atoms with E-state index in [0.29, 0.717) is 4.84 Å². The molecule has 0 aliphatic rings. The van der Waals surface area contributed by atoms with Crippen LogP contribution in [0.5, 0.6) is 5.75 Å². The van der Waals surface area contributed by atoms with Crippen LogP contribution in [0.1, 0.15) is 12.2 Å². The lowest BCUT2D eigenvalue weighted by Gasteiger charge is -2.05. The average molecular weight is 407 g/mol. The van der Waals surface area contributed by atoms with E-state index in [4.69, 9.17) is 21.4 Å². The summed E-state index contributed by atoms with van der Waals surface area (Å²) in [5.41, 5.74) is 0. The number of oxazole rings is 1. The number of ether oxygens (including phenoxy) is 1. The SMILES string of the molecule is S=c1[nH]cc(CSCCCOc2cccc(I)c2)o1. The van der Waals surface area contributed by atoms with Gasteiger partial charge in [-0.15, -0.1) is 0 Å². The van der Waals surface area contributed by atoms with Gasteiger partial charge in [0.2, 0.25) is 0 Å². The van der Waals surface area contributed by atoms with E-state index in [-0.39, 0.29) is 0 Å². The molecule has 0 unspecified atom stereocenters. The molecule has 0 aliphatic carbocycles. The number of nitrogens with one attached hydrogen (secondary N) is 1. The Labute approximate surface area is 135 Å². The normalized spacial score (nSPS) is 10.6. The maximum atomic E-state index is 5.68. The van der Waals surface area contributed by atoms with Gasteiger partial charge < -0.3 is 14.1 Å². The molecule has 1 heterocycles. The molecule has 2 aromatic rings. The van der Waals surface area contributed by atoms with Crippen molar-refractivity contribution in [2.45, 2.75) is 12.2 Å². The van der Waals surface area contributed by atoms with Crippen molar-refractivity contribution < 1.29 is 9.15 Å². The highest BCUT2D eigenvalue weighted by Crippen LogP contribution is 2.16. The summed E-state index contributed by atoms with van der Waals surface area (Å²) in [6.07, 6.45) is 2.83. The molecule has 0 saturated carbocycles. The highest BCUT2D eigenvalue weighted by Gasteiger charge is 1.98. The van der Waals surface area contributed by atoms with Crippen molar-refractivity contribution in [1.82, 2.24) is 4.98 Å². The molecule has 19 heavy (non-hydrogen) atoms. The molecule has 102 valence electrons. The third-order valence-electron chi connectivity index (χ3n) is 2.32. The number of hydrogen-bond acceptors (Lipinski definition) is 4. The zero-order valence-electron chi connectivity index (χ0n) is 10.2. The molecule has 3 nitrogen and oxygen atoms in total. The first-order chi connectivity index (χ1) is 9.24. The summed E-state index contributed by atoms with van der Waals surface area (Å²) in [5, 5.41) is 0. The minimum absolute atomic E-state index is 0.442. The number of aromatic nitrogens is 1. The Hall–Kier alpha value is -0.470. The van der Waals surface area contributed by atoms with Crippen LogP contribution in [-0.4, -0.2) is 17.3 Å². The monoisotopic (exact) mass is 407 g/mol. The second-order valence-corrected chi connectivity index (χ2v) is 6.58. The number of halogens is 1. The fraction of sp³-hybridized carbons (Fsp3) is 0.308. The number of benzene rings is 1. The molecule has 1 N–H and O–H groups in total. The molecule has 0 aliphatic heterocycles. The average Bonchev–Trinajstić information content (AvgIpc) is 2.79. The zero-order valence-corrected chi connectivity index (χ0v) is 14.0. The van der Waals surface area contributed by atoms with Gasteiger partial charge in [0, 0.05) is 9.77 Å². The molecule has 0 atom stereocenters. The van der Waals surface area contributed by atoms with Crippen LogP contribution < -0.4 is 4.74 Å². The van der Waals surface area contributed by atoms with Crippen molar-refractivity contribution in [2.75, 3.05) is 12.4 Å². The predicted octanol–water partition coefficient (Wildman–Crippen LogP) is 4.64. The molecule has 0 spiro atoms. The Morgan fingerprint density at radius 1 is 1.42 bits per heavy atom. The molecule has 0 saturated heterocycles. The Morgan fingerprint density at radius 2 is 2.32 bits per heavy atom. The maximum absolute atomic E-state index is 5.68. The fourth-order valence-corrected chi connectivity index (χ4v) is 2.96. The van der Waals surface area contributed by atoms with Crippen molar-refractivity contribution >= 4 is 46.6 Å². The van der Waals surface area contributed by atoms with Gasteiger partial charge in [-0.05, 0) is 65.2 Å². The van der Waals surface area contributed by atoms with E-state index >= 15 is 0 Å². The minimum Gasteiger partial charge on any atom is -0.494 e. The lowest BCUT2D eigenvalue weighted by Crippen LogP contribution is -1.98. The lowest BCUT2D eigenvalue weighted by atomic mass is 10.3. The Kier molecular flexibility index (Phi) is 6.25. The van der Waals surface area contributed by atoms with Crippen molar-refractivity contribution in [3.05, 3.63) is 44.6 Å². The first-order valence-corrected chi connectivity index (χ1v) is 8.52. The van der Waals surface area contributed by atoms with Crippen molar-refractivity contribution in [1.29, 1.82) is 0 Å². The summed E-state index contributed by atoms with van der Waals surface area (Å²) in [5.74, 6) is 3.72. The standard InChI is InChI=1S/C13H14INO2S2/c14-10-3-1-4-11(7-10)16-5-2-6-19-9-12-8-15-13(18)17-12/h1,3-4,7-8H,2,5-6,9H2,(H,15,18). The molecule has 2 rings (SSSR count). The van der Waals surface area contributed by atoms with Crippen LogP contribution in [0.3, 0.4) is 0 Å². The zero-order chi connectivity index (χ0) is 13.5. The third kappa shape index (κ3) is 5.58. The van der Waals surface area contributed by atoms with Gasteiger partial charge in [-0.3, -0.25) is 0 Å². The smallest absolute Gasteiger partial charge is 0.266 e. The first kappa shape index (κ1) is 14.9. The van der Waals surface area contributed by atoms with E-state index in [0.717, 1.165) is 36.0 Å². The van der Waals surface area contributed by atoms with Crippen molar-refractivity contribution in [3.63, 3.8) is 0 Å². The molecular formula is C13H14INO2S2. The number of thioether (sulfide) groups is 1. The van der Waals surface area contributed by atoms with Crippen LogP contribution in [0.15, 0.2) is 34.9 Å². The summed E-state index contributed by atoms with van der Waals surface area (Å²) >= 11 is 8.96. The van der Waals surface area contributed by atoms with E-state index in [9.17, 15) is 0 Å². The van der Waals surface area contributed by atoms with Crippen LogP contribution in [0.25, 0.3) is 0 Å². The van der Waals surface area contributed by atoms with Crippen LogP contribution >= 0.6 is 46.6 Å². The molecule has 0 radical (unpaired) electrons. The van der Waals surface area contributed by atoms with Gasteiger partial charge in [0.15, 0.2) is 0 Å². The summed E-state index contributed by atoms with van der Waals surface area (Å²) in [6, 6.07) is 8.08. The molecule has 0 fully saturated rings. The summed E-state index contributed by atoms with van der Waals surface area (Å²) in [6.45, 7) is 0.740. The molecule has 0 bridgehead atoms. The minimum atomic E-state index is 0.442. The number of aromatic amines is 1. The van der Waals surface area contributed by atoms with Gasteiger partial charge in [0.05, 0.1) is 12.4 Å². The number of rotatable bonds is 7. The molecule has 1 aromatic carbocycles. The van der Waals surface area contributed by atoms with Gasteiger partial charge in [0.1, 0.15) is 11.5 Å². The Balaban J connectivity index is 1.58. The van der Waals surface area contributed by atoms with Crippen LogP contribution in [-0.2, 0) is 5.75 Å². The van der Waals surface area contributed by atoms with Crippen molar-refractivity contribution in [3.8, 4) is 5.75 Å². The first-order valence-electron chi connectivity index (χ1n) is 5.87. The van der Waals surface area contributed by atoms with Crippen LogP contribution in [0, 0.1) is 8.41 Å². The Morgan fingerprint density at radius 3 is 3.05 bits per heavy atom. The van der Waals surface area contributed by atoms with Crippen LogP contribution in [0.2, 0.25) is 0 Å². The van der Waals surface area contributed by atoms with E-state index in [2.05, 4.69) is 33.6 Å². The number of H-pyrrole nitrogens is 1. The van der Waals surface area contributed by atoms with E-state index in [1.165, 1.54) is 3.57 Å². The third-order valence-corrected chi connectivity index (χ3v) is 4.26. The van der Waals surface area contributed by atoms with Crippen molar-refractivity contribution in [2.24, 2.45) is 0 Å². The quantitative estimate of drug-likeness (QED) is 0.412. The summed E-state index contributed by atoms with van der Waals surface area (Å²) in [4.78, 5) is 3.30. The highest BCUT2D eigenvalue weighted by atomic mass is 127. The van der Waals surface area contributed by atoms with Gasteiger partial charge in [-0.1, -0.05) is 6.07 Å². The summed E-state index contributed by atoms with van der Waals surface area (Å²) < 4.78 is 12.2. The Bertz CT molecular complexity index is 568. The lowest BCUT2D eigenvalue weighted by molar-refractivity contribution is 0.318. The molecule has 0 amide bonds. The largest absolute Gasteiger partial charge is 0.494 e. The number of hydrogen-bond donors (Lipinski definition) is 1. The maximum Gasteiger partial charge on any atom is 0.266 e. The van der Waals surface area contributed by atoms with E-state index in [1.807, 2.05) is 36.2 Å². The molecule has 1 aromatic heterocycles.